The van der Waals surface area contributed by atoms with Gasteiger partial charge >= 0.3 is 17.9 Å². The summed E-state index contributed by atoms with van der Waals surface area (Å²) in [7, 11) is 1.22. The van der Waals surface area contributed by atoms with E-state index >= 15 is 0 Å². The Morgan fingerprint density at radius 2 is 1.92 bits per heavy atom. The Morgan fingerprint density at radius 1 is 1.28 bits per heavy atom. The second-order valence-corrected chi connectivity index (χ2v) is 7.72. The Morgan fingerprint density at radius 3 is 2.44 bits per heavy atom. The summed E-state index contributed by atoms with van der Waals surface area (Å²) in [5, 5.41) is 10.1. The summed E-state index contributed by atoms with van der Waals surface area (Å²) >= 11 is 0. The number of aliphatic hydroxyl groups is 1. The van der Waals surface area contributed by atoms with Crippen LogP contribution in [-0.2, 0) is 28.6 Å². The summed E-state index contributed by atoms with van der Waals surface area (Å²) in [5.74, 6) is -2.02. The first kappa shape index (κ1) is 17.9. The van der Waals surface area contributed by atoms with Crippen LogP contribution in [0.5, 0.6) is 0 Å². The number of esters is 3. The molecule has 25 heavy (non-hydrogen) atoms. The lowest BCUT2D eigenvalue weighted by Gasteiger charge is -2.48. The molecule has 3 rings (SSSR count). The molecule has 0 spiro atoms. The molecule has 0 radical (unpaired) electrons. The van der Waals surface area contributed by atoms with E-state index in [1.165, 1.54) is 21.0 Å². The number of hydrogen-bond donors (Lipinski definition) is 1. The van der Waals surface area contributed by atoms with E-state index in [2.05, 4.69) is 0 Å². The lowest BCUT2D eigenvalue weighted by molar-refractivity contribution is -0.193. The van der Waals surface area contributed by atoms with Crippen molar-refractivity contribution in [2.45, 2.75) is 45.8 Å². The van der Waals surface area contributed by atoms with Crippen LogP contribution in [0.2, 0.25) is 0 Å². The molecule has 0 bridgehead atoms. The van der Waals surface area contributed by atoms with Gasteiger partial charge in [-0.25, -0.2) is 9.59 Å². The van der Waals surface area contributed by atoms with Crippen molar-refractivity contribution in [3.05, 3.63) is 11.1 Å². The van der Waals surface area contributed by atoms with Crippen LogP contribution < -0.4 is 0 Å². The standard InChI is InChI=1S/C18H24O7/c1-8(15(21)23-5)12-13(24-9(2)20)14-17(3,7-19)10-6-11(10)18(14,4)25-16(12)22/h10-11,13-14,19H,6-7H2,1-5H3/t10-,11+,13+,14-,17+,18+/m1/s1. The molecule has 0 aromatic heterocycles. The van der Waals surface area contributed by atoms with Crippen molar-refractivity contribution in [1.29, 1.82) is 0 Å². The highest BCUT2D eigenvalue weighted by atomic mass is 16.6. The zero-order valence-electron chi connectivity index (χ0n) is 15.1. The number of carbonyl (C=O) groups is 3. The summed E-state index contributed by atoms with van der Waals surface area (Å²) < 4.78 is 16.0. The zero-order chi connectivity index (χ0) is 18.7. The predicted molar refractivity (Wildman–Crippen MR) is 85.0 cm³/mol. The highest BCUT2D eigenvalue weighted by Crippen LogP contribution is 2.72. The van der Waals surface area contributed by atoms with Gasteiger partial charge in [0, 0.05) is 36.4 Å². The number of rotatable bonds is 3. The van der Waals surface area contributed by atoms with Crippen LogP contribution in [0.15, 0.2) is 11.1 Å². The van der Waals surface area contributed by atoms with Crippen LogP contribution in [-0.4, -0.2) is 48.4 Å². The molecule has 1 aliphatic heterocycles. The van der Waals surface area contributed by atoms with Crippen molar-refractivity contribution in [2.75, 3.05) is 13.7 Å². The maximum Gasteiger partial charge on any atom is 0.338 e. The fourth-order valence-electron chi connectivity index (χ4n) is 5.15. The third kappa shape index (κ3) is 2.32. The number of ether oxygens (including phenoxy) is 3. The van der Waals surface area contributed by atoms with Gasteiger partial charge in [-0.3, -0.25) is 4.79 Å². The van der Waals surface area contributed by atoms with Gasteiger partial charge in [0.2, 0.25) is 0 Å². The van der Waals surface area contributed by atoms with Gasteiger partial charge in [-0.1, -0.05) is 6.92 Å². The van der Waals surface area contributed by atoms with Crippen molar-refractivity contribution in [1.82, 2.24) is 0 Å². The monoisotopic (exact) mass is 352 g/mol. The average molecular weight is 352 g/mol. The number of hydrogen-bond acceptors (Lipinski definition) is 7. The van der Waals surface area contributed by atoms with Crippen LogP contribution in [0.25, 0.3) is 0 Å². The van der Waals surface area contributed by atoms with Crippen molar-refractivity contribution >= 4 is 17.9 Å². The Hall–Kier alpha value is -1.89. The second kappa shape index (κ2) is 5.56. The molecule has 2 aliphatic carbocycles. The van der Waals surface area contributed by atoms with Gasteiger partial charge in [-0.2, -0.15) is 0 Å². The Balaban J connectivity index is 2.16. The summed E-state index contributed by atoms with van der Waals surface area (Å²) in [6.07, 6.45) is -0.0908. The Kier molecular flexibility index (Phi) is 3.98. The largest absolute Gasteiger partial charge is 0.466 e. The van der Waals surface area contributed by atoms with E-state index < -0.39 is 40.9 Å². The van der Waals surface area contributed by atoms with E-state index in [1.54, 1.807) is 0 Å². The number of aliphatic hydroxyl groups excluding tert-OH is 1. The van der Waals surface area contributed by atoms with Crippen molar-refractivity contribution < 1.29 is 33.7 Å². The predicted octanol–water partition coefficient (Wildman–Crippen LogP) is 0.988. The van der Waals surface area contributed by atoms with Gasteiger partial charge in [-0.15, -0.1) is 0 Å². The fraction of sp³-hybridized carbons (Fsp3) is 0.722. The van der Waals surface area contributed by atoms with E-state index in [1.807, 2.05) is 13.8 Å². The molecule has 0 unspecified atom stereocenters. The van der Waals surface area contributed by atoms with Crippen molar-refractivity contribution in [3.8, 4) is 0 Å². The van der Waals surface area contributed by atoms with Crippen LogP contribution in [0.3, 0.4) is 0 Å². The van der Waals surface area contributed by atoms with Gasteiger partial charge in [0.25, 0.3) is 0 Å². The maximum absolute atomic E-state index is 12.7. The minimum atomic E-state index is -0.951. The highest BCUT2D eigenvalue weighted by molar-refractivity contribution is 6.01. The molecular formula is C18H24O7. The molecule has 0 amide bonds. The Bertz CT molecular complexity index is 681. The molecule has 0 aromatic carbocycles. The summed E-state index contributed by atoms with van der Waals surface area (Å²) in [6, 6.07) is 0. The maximum atomic E-state index is 12.7. The third-order valence-corrected chi connectivity index (χ3v) is 6.35. The van der Waals surface area contributed by atoms with E-state index in [-0.39, 0.29) is 29.6 Å². The average Bonchev–Trinajstić information content (AvgIpc) is 3.31. The van der Waals surface area contributed by atoms with Crippen LogP contribution in [0.1, 0.15) is 34.1 Å². The third-order valence-electron chi connectivity index (χ3n) is 6.35. The molecule has 1 saturated heterocycles. The molecule has 6 atom stereocenters. The molecule has 7 heteroatoms. The van der Waals surface area contributed by atoms with Crippen LogP contribution in [0, 0.1) is 23.2 Å². The number of fused-ring (bicyclic) bond motifs is 3. The molecule has 138 valence electrons. The van der Waals surface area contributed by atoms with E-state index in [4.69, 9.17) is 14.2 Å². The Labute approximate surface area is 146 Å². The number of carbonyl (C=O) groups excluding carboxylic acids is 3. The first-order chi connectivity index (χ1) is 11.6. The molecule has 1 heterocycles. The van der Waals surface area contributed by atoms with Gasteiger partial charge in [0.1, 0.15) is 11.7 Å². The zero-order valence-corrected chi connectivity index (χ0v) is 15.1. The second-order valence-electron chi connectivity index (χ2n) is 7.72. The minimum absolute atomic E-state index is 0.00509. The summed E-state index contributed by atoms with van der Waals surface area (Å²) in [6.45, 7) is 6.35. The molecule has 0 aromatic rings. The smallest absolute Gasteiger partial charge is 0.338 e. The van der Waals surface area contributed by atoms with E-state index in [9.17, 15) is 19.5 Å². The minimum Gasteiger partial charge on any atom is -0.466 e. The van der Waals surface area contributed by atoms with E-state index in [0.717, 1.165) is 6.42 Å². The van der Waals surface area contributed by atoms with Crippen molar-refractivity contribution in [3.63, 3.8) is 0 Å². The van der Waals surface area contributed by atoms with Crippen molar-refractivity contribution in [2.24, 2.45) is 23.2 Å². The quantitative estimate of drug-likeness (QED) is 0.459. The fourth-order valence-corrected chi connectivity index (χ4v) is 5.15. The van der Waals surface area contributed by atoms with Gasteiger partial charge in [0.05, 0.1) is 12.7 Å². The van der Waals surface area contributed by atoms with Crippen LogP contribution >= 0.6 is 0 Å². The summed E-state index contributed by atoms with van der Waals surface area (Å²) in [5.41, 5.74) is -1.34. The lowest BCUT2D eigenvalue weighted by Crippen LogP contribution is -2.58. The van der Waals surface area contributed by atoms with Crippen LogP contribution in [0.4, 0.5) is 0 Å². The first-order valence-corrected chi connectivity index (χ1v) is 8.42. The van der Waals surface area contributed by atoms with Gasteiger partial charge in [0.15, 0.2) is 0 Å². The molecule has 2 saturated carbocycles. The molecule has 1 N–H and O–H groups in total. The highest BCUT2D eigenvalue weighted by Gasteiger charge is 2.77. The first-order valence-electron chi connectivity index (χ1n) is 8.42. The SMILES string of the molecule is COC(=O)C(C)=C1C(=O)O[C@]2(C)[C@H]([C@H]1OC(C)=O)[C@@](C)(CO)[C@@H]1C[C@@H]12. The normalized spacial score (nSPS) is 43.5. The topological polar surface area (TPSA) is 99.1 Å². The van der Waals surface area contributed by atoms with E-state index in [0.29, 0.717) is 0 Å². The van der Waals surface area contributed by atoms with Gasteiger partial charge in [-0.05, 0) is 26.2 Å². The lowest BCUT2D eigenvalue weighted by atomic mass is 9.65. The summed E-state index contributed by atoms with van der Waals surface area (Å²) in [4.78, 5) is 36.4. The molecule has 3 aliphatic rings. The molecule has 3 fully saturated rings. The number of methoxy groups -OCH3 is 1. The molecular weight excluding hydrogens is 328 g/mol. The molecule has 7 nitrogen and oxygen atoms in total. The van der Waals surface area contributed by atoms with Gasteiger partial charge < -0.3 is 19.3 Å².